The first-order chi connectivity index (χ1) is 19.1. The van der Waals surface area contributed by atoms with Crippen LogP contribution in [0.3, 0.4) is 0 Å². The van der Waals surface area contributed by atoms with E-state index in [0.29, 0.717) is 6.42 Å². The predicted molar refractivity (Wildman–Crippen MR) is 149 cm³/mol. The number of carboxylic acid groups (broad SMARTS) is 2. The second kappa shape index (κ2) is 14.4. The van der Waals surface area contributed by atoms with E-state index in [-0.39, 0.29) is 19.3 Å². The molecule has 0 fully saturated rings. The molecule has 9 nitrogen and oxygen atoms in total. The lowest BCUT2D eigenvalue weighted by molar-refractivity contribution is -0.140. The summed E-state index contributed by atoms with van der Waals surface area (Å²) in [6.45, 7) is 0. The lowest BCUT2D eigenvalue weighted by Crippen LogP contribution is -2.43. The van der Waals surface area contributed by atoms with Gasteiger partial charge < -0.3 is 21.3 Å². The molecule has 40 heavy (non-hydrogen) atoms. The minimum atomic E-state index is -1.35. The van der Waals surface area contributed by atoms with Crippen molar-refractivity contribution in [3.8, 4) is 22.3 Å². The SMILES string of the molecule is NC(=O)[C@H](CCC(=O)O)CC(=O)[C@H](CC(=O)O)NC(=O)CCc1ccc(-c2ccc(-c3ccccc3)cc2)cc1. The van der Waals surface area contributed by atoms with Crippen LogP contribution in [0, 0.1) is 5.92 Å². The molecule has 0 unspecified atom stereocenters. The summed E-state index contributed by atoms with van der Waals surface area (Å²) in [4.78, 5) is 59.0. The molecule has 0 bridgehead atoms. The van der Waals surface area contributed by atoms with Crippen LogP contribution >= 0.6 is 0 Å². The van der Waals surface area contributed by atoms with E-state index >= 15 is 0 Å². The largest absolute Gasteiger partial charge is 0.481 e. The molecule has 0 aliphatic rings. The van der Waals surface area contributed by atoms with Crippen molar-refractivity contribution < 1.29 is 34.2 Å². The van der Waals surface area contributed by atoms with Gasteiger partial charge in [-0.2, -0.15) is 0 Å². The summed E-state index contributed by atoms with van der Waals surface area (Å²) in [6.07, 6.45) is -1.24. The number of benzene rings is 3. The number of amides is 2. The smallest absolute Gasteiger partial charge is 0.305 e. The van der Waals surface area contributed by atoms with Gasteiger partial charge in [0.15, 0.2) is 5.78 Å². The topological polar surface area (TPSA) is 164 Å². The molecule has 2 amide bonds. The highest BCUT2D eigenvalue weighted by atomic mass is 16.4. The molecule has 0 aliphatic heterocycles. The van der Waals surface area contributed by atoms with Crippen molar-refractivity contribution in [2.75, 3.05) is 0 Å². The van der Waals surface area contributed by atoms with Gasteiger partial charge in [-0.25, -0.2) is 0 Å². The van der Waals surface area contributed by atoms with Crippen LogP contribution in [0.5, 0.6) is 0 Å². The van der Waals surface area contributed by atoms with Crippen LogP contribution in [0.1, 0.15) is 37.7 Å². The number of aliphatic carboxylic acids is 2. The molecule has 0 aliphatic carbocycles. The van der Waals surface area contributed by atoms with E-state index < -0.39 is 54.3 Å². The third-order valence-corrected chi connectivity index (χ3v) is 6.58. The number of carbonyl (C=O) groups is 5. The van der Waals surface area contributed by atoms with Gasteiger partial charge in [0.05, 0.1) is 12.5 Å². The quantitative estimate of drug-likeness (QED) is 0.226. The minimum Gasteiger partial charge on any atom is -0.481 e. The van der Waals surface area contributed by atoms with Gasteiger partial charge in [-0.1, -0.05) is 78.9 Å². The van der Waals surface area contributed by atoms with E-state index in [1.54, 1.807) is 0 Å². The molecule has 0 spiro atoms. The lowest BCUT2D eigenvalue weighted by atomic mass is 9.92. The molecule has 3 aromatic carbocycles. The highest BCUT2D eigenvalue weighted by Gasteiger charge is 2.28. The average Bonchev–Trinajstić information content (AvgIpc) is 2.94. The van der Waals surface area contributed by atoms with Crippen molar-refractivity contribution in [1.29, 1.82) is 0 Å². The molecular formula is C31H32N2O7. The number of Topliss-reactive ketones (excluding diaryl/α,β-unsaturated/α-hetero) is 1. The Labute approximate surface area is 232 Å². The first kappa shape index (κ1) is 29.8. The van der Waals surface area contributed by atoms with Gasteiger partial charge in [0, 0.05) is 25.2 Å². The fraction of sp³-hybridized carbons (Fsp3) is 0.258. The maximum atomic E-state index is 12.7. The Kier molecular flexibility index (Phi) is 10.7. The molecule has 9 heteroatoms. The second-order valence-electron chi connectivity index (χ2n) is 9.56. The number of primary amides is 1. The summed E-state index contributed by atoms with van der Waals surface area (Å²) in [5, 5.41) is 20.5. The highest BCUT2D eigenvalue weighted by molar-refractivity contribution is 5.94. The van der Waals surface area contributed by atoms with Gasteiger partial charge in [-0.05, 0) is 40.7 Å². The Bertz CT molecular complexity index is 1340. The van der Waals surface area contributed by atoms with Crippen molar-refractivity contribution in [1.82, 2.24) is 5.32 Å². The summed E-state index contributed by atoms with van der Waals surface area (Å²) in [6, 6.07) is 24.7. The molecule has 3 aromatic rings. The van der Waals surface area contributed by atoms with Crippen molar-refractivity contribution in [3.63, 3.8) is 0 Å². The fourth-order valence-electron chi connectivity index (χ4n) is 4.32. The summed E-state index contributed by atoms with van der Waals surface area (Å²) < 4.78 is 0. The summed E-state index contributed by atoms with van der Waals surface area (Å²) in [5.41, 5.74) is 10.5. The Morgan fingerprint density at radius 1 is 0.675 bits per heavy atom. The normalized spacial score (nSPS) is 12.2. The molecule has 208 valence electrons. The van der Waals surface area contributed by atoms with Gasteiger partial charge in [-0.3, -0.25) is 24.0 Å². The van der Waals surface area contributed by atoms with Gasteiger partial charge in [0.1, 0.15) is 0 Å². The van der Waals surface area contributed by atoms with Crippen LogP contribution in [-0.2, 0) is 30.4 Å². The Balaban J connectivity index is 1.56. The maximum Gasteiger partial charge on any atom is 0.305 e. The van der Waals surface area contributed by atoms with Crippen LogP contribution in [0.15, 0.2) is 78.9 Å². The number of rotatable bonds is 15. The number of nitrogens with one attached hydrogen (secondary N) is 1. The fourth-order valence-corrected chi connectivity index (χ4v) is 4.32. The van der Waals surface area contributed by atoms with Crippen LogP contribution in [-0.4, -0.2) is 45.8 Å². The zero-order chi connectivity index (χ0) is 29.1. The van der Waals surface area contributed by atoms with Gasteiger partial charge >= 0.3 is 11.9 Å². The van der Waals surface area contributed by atoms with E-state index in [0.717, 1.165) is 27.8 Å². The van der Waals surface area contributed by atoms with E-state index in [1.165, 1.54) is 0 Å². The van der Waals surface area contributed by atoms with E-state index in [9.17, 15) is 29.1 Å². The predicted octanol–water partition coefficient (Wildman–Crippen LogP) is 3.84. The molecule has 0 heterocycles. The van der Waals surface area contributed by atoms with Gasteiger partial charge in [0.25, 0.3) is 0 Å². The monoisotopic (exact) mass is 544 g/mol. The van der Waals surface area contributed by atoms with E-state index in [2.05, 4.69) is 41.7 Å². The summed E-state index contributed by atoms with van der Waals surface area (Å²) >= 11 is 0. The van der Waals surface area contributed by atoms with Crippen molar-refractivity contribution >= 4 is 29.5 Å². The van der Waals surface area contributed by atoms with Gasteiger partial charge in [-0.15, -0.1) is 0 Å². The minimum absolute atomic E-state index is 0.0206. The Morgan fingerprint density at radius 2 is 1.20 bits per heavy atom. The Morgan fingerprint density at radius 3 is 1.70 bits per heavy atom. The number of ketones is 1. The third-order valence-electron chi connectivity index (χ3n) is 6.58. The molecule has 5 N–H and O–H groups in total. The first-order valence-corrected chi connectivity index (χ1v) is 12.9. The van der Waals surface area contributed by atoms with Crippen LogP contribution in [0.2, 0.25) is 0 Å². The average molecular weight is 545 g/mol. The molecule has 3 rings (SSSR count). The molecule has 0 aromatic heterocycles. The number of hydrogen-bond donors (Lipinski definition) is 4. The standard InChI is InChI=1S/C31H32N2O7/c32-31(40)25(15-17-29(36)37)18-27(34)26(19-30(38)39)33-28(35)16-8-20-6-9-22(10-7-20)24-13-11-23(12-14-24)21-4-2-1-3-5-21/h1-7,9-14,25-26H,8,15-19H2,(H2,32,40)(H,33,35)(H,36,37)(H,38,39)/t25-,26+/m1/s1. The van der Waals surface area contributed by atoms with Crippen molar-refractivity contribution in [2.45, 2.75) is 44.6 Å². The number of carbonyl (C=O) groups excluding carboxylic acids is 3. The summed E-state index contributed by atoms with van der Waals surface area (Å²) in [7, 11) is 0. The van der Waals surface area contributed by atoms with E-state index in [4.69, 9.17) is 10.8 Å². The second-order valence-corrected chi connectivity index (χ2v) is 9.56. The Hall–Kier alpha value is -4.79. The van der Waals surface area contributed by atoms with Crippen LogP contribution < -0.4 is 11.1 Å². The number of hydrogen-bond acceptors (Lipinski definition) is 5. The number of nitrogens with two attached hydrogens (primary N) is 1. The zero-order valence-corrected chi connectivity index (χ0v) is 21.9. The first-order valence-electron chi connectivity index (χ1n) is 12.9. The maximum absolute atomic E-state index is 12.7. The van der Waals surface area contributed by atoms with Crippen LogP contribution in [0.25, 0.3) is 22.3 Å². The van der Waals surface area contributed by atoms with Gasteiger partial charge in [0.2, 0.25) is 11.8 Å². The third kappa shape index (κ3) is 9.20. The van der Waals surface area contributed by atoms with Crippen LogP contribution in [0.4, 0.5) is 0 Å². The molecule has 0 saturated carbocycles. The van der Waals surface area contributed by atoms with Crippen molar-refractivity contribution in [2.24, 2.45) is 11.7 Å². The number of aryl methyl sites for hydroxylation is 1. The molecular weight excluding hydrogens is 512 g/mol. The lowest BCUT2D eigenvalue weighted by Gasteiger charge is -2.19. The van der Waals surface area contributed by atoms with Crippen molar-refractivity contribution in [3.05, 3.63) is 84.4 Å². The summed E-state index contributed by atoms with van der Waals surface area (Å²) in [5.74, 6) is -5.57. The van der Waals surface area contributed by atoms with E-state index in [1.807, 2.05) is 42.5 Å². The molecule has 0 radical (unpaired) electrons. The molecule has 0 saturated heterocycles. The number of carboxylic acids is 2. The zero-order valence-electron chi connectivity index (χ0n) is 21.9. The highest BCUT2D eigenvalue weighted by Crippen LogP contribution is 2.25. The molecule has 2 atom stereocenters.